The summed E-state index contributed by atoms with van der Waals surface area (Å²) in [7, 11) is 0. The van der Waals surface area contributed by atoms with Gasteiger partial charge in [-0.3, -0.25) is 0 Å². The molecule has 0 aliphatic heterocycles. The Bertz CT molecular complexity index is 162. The van der Waals surface area contributed by atoms with Crippen molar-refractivity contribution >= 4 is 0 Å². The average Bonchev–Trinajstić information content (AvgIpc) is 2.10. The molecule has 92 valence electrons. The van der Waals surface area contributed by atoms with Crippen molar-refractivity contribution in [3.8, 4) is 0 Å². The topological polar surface area (TPSA) is 38.0 Å². The highest BCUT2D eigenvalue weighted by molar-refractivity contribution is 4.71. The van der Waals surface area contributed by atoms with Crippen LogP contribution in [0.2, 0.25) is 0 Å². The normalized spacial score (nSPS) is 14.6. The van der Waals surface area contributed by atoms with Crippen LogP contribution in [0.15, 0.2) is 0 Å². The lowest BCUT2D eigenvalue weighted by atomic mass is 10.1. The zero-order valence-corrected chi connectivity index (χ0v) is 8.78. The lowest BCUT2D eigenvalue weighted by Crippen LogP contribution is -2.39. The van der Waals surface area contributed by atoms with Crippen molar-refractivity contribution in [3.63, 3.8) is 0 Å². The number of alkyl halides is 4. The minimum Gasteiger partial charge on any atom is -0.328 e. The molecule has 6 heteroatoms. The number of rotatable bonds is 8. The first kappa shape index (κ1) is 14.6. The molecule has 0 saturated carbocycles. The minimum atomic E-state index is -3.93. The van der Waals surface area contributed by atoms with E-state index in [-0.39, 0.29) is 6.04 Å². The van der Waals surface area contributed by atoms with Crippen molar-refractivity contribution in [3.05, 3.63) is 0 Å². The van der Waals surface area contributed by atoms with E-state index >= 15 is 0 Å². The maximum atomic E-state index is 12.4. The highest BCUT2D eigenvalue weighted by atomic mass is 19.3. The third-order valence-electron chi connectivity index (χ3n) is 1.94. The molecule has 0 heterocycles. The van der Waals surface area contributed by atoms with E-state index in [9.17, 15) is 17.6 Å². The molecule has 0 spiro atoms. The standard InChI is InChI=1S/C9H18F4N2/c1-7(14)4-2-3-5-15-6-9(12,13)8(10)11/h7-8,15H,2-6,14H2,1H3. The van der Waals surface area contributed by atoms with E-state index in [0.29, 0.717) is 13.0 Å². The largest absolute Gasteiger partial charge is 0.328 e. The summed E-state index contributed by atoms with van der Waals surface area (Å²) in [4.78, 5) is 0. The Labute approximate surface area is 87.2 Å². The first-order valence-corrected chi connectivity index (χ1v) is 4.98. The zero-order valence-electron chi connectivity index (χ0n) is 8.78. The Morgan fingerprint density at radius 1 is 1.27 bits per heavy atom. The van der Waals surface area contributed by atoms with Gasteiger partial charge >= 0.3 is 12.3 Å². The summed E-state index contributed by atoms with van der Waals surface area (Å²) in [5.41, 5.74) is 5.48. The smallest absolute Gasteiger partial charge is 0.319 e. The SMILES string of the molecule is CC(N)CCCCNCC(F)(F)C(F)F. The van der Waals surface area contributed by atoms with E-state index in [0.717, 1.165) is 12.8 Å². The zero-order chi connectivity index (χ0) is 11.9. The third-order valence-corrected chi connectivity index (χ3v) is 1.94. The first-order valence-electron chi connectivity index (χ1n) is 4.98. The van der Waals surface area contributed by atoms with Gasteiger partial charge in [0.1, 0.15) is 0 Å². The summed E-state index contributed by atoms with van der Waals surface area (Å²) in [6, 6.07) is 0.0903. The van der Waals surface area contributed by atoms with E-state index in [2.05, 4.69) is 5.32 Å². The van der Waals surface area contributed by atoms with Gasteiger partial charge < -0.3 is 11.1 Å². The predicted molar refractivity (Wildman–Crippen MR) is 51.3 cm³/mol. The molecule has 0 amide bonds. The molecule has 0 aromatic carbocycles. The molecule has 0 aromatic heterocycles. The molecule has 0 aromatic rings. The number of hydrogen-bond acceptors (Lipinski definition) is 2. The summed E-state index contributed by atoms with van der Waals surface area (Å²) in [5.74, 6) is -3.93. The second-order valence-corrected chi connectivity index (χ2v) is 3.71. The Hall–Kier alpha value is -0.360. The fourth-order valence-electron chi connectivity index (χ4n) is 1.05. The summed E-state index contributed by atoms with van der Waals surface area (Å²) >= 11 is 0. The summed E-state index contributed by atoms with van der Waals surface area (Å²) in [6.07, 6.45) is -1.31. The quantitative estimate of drug-likeness (QED) is 0.494. The molecule has 0 aliphatic carbocycles. The number of nitrogens with two attached hydrogens (primary N) is 1. The molecule has 0 radical (unpaired) electrons. The lowest BCUT2D eigenvalue weighted by Gasteiger charge is -2.15. The molecule has 0 fully saturated rings. The van der Waals surface area contributed by atoms with E-state index in [4.69, 9.17) is 5.73 Å². The first-order chi connectivity index (χ1) is 6.86. The van der Waals surface area contributed by atoms with Crippen LogP contribution in [0.5, 0.6) is 0 Å². The maximum Gasteiger partial charge on any atom is 0.319 e. The van der Waals surface area contributed by atoms with Crippen LogP contribution in [-0.4, -0.2) is 31.5 Å². The molecule has 0 bridgehead atoms. The third kappa shape index (κ3) is 7.56. The second-order valence-electron chi connectivity index (χ2n) is 3.71. The maximum absolute atomic E-state index is 12.4. The van der Waals surface area contributed by atoms with Crippen LogP contribution in [0.25, 0.3) is 0 Å². The van der Waals surface area contributed by atoms with E-state index in [1.54, 1.807) is 0 Å². The van der Waals surface area contributed by atoms with Crippen molar-refractivity contribution < 1.29 is 17.6 Å². The number of hydrogen-bond donors (Lipinski definition) is 2. The summed E-state index contributed by atoms with van der Waals surface area (Å²) < 4.78 is 48.1. The van der Waals surface area contributed by atoms with Gasteiger partial charge in [-0.15, -0.1) is 0 Å². The van der Waals surface area contributed by atoms with Gasteiger partial charge in [0.05, 0.1) is 6.54 Å². The monoisotopic (exact) mass is 230 g/mol. The van der Waals surface area contributed by atoms with Crippen molar-refractivity contribution in [2.75, 3.05) is 13.1 Å². The van der Waals surface area contributed by atoms with Gasteiger partial charge in [0.15, 0.2) is 0 Å². The summed E-state index contributed by atoms with van der Waals surface area (Å²) in [5, 5.41) is 2.31. The van der Waals surface area contributed by atoms with Crippen molar-refractivity contribution in [1.82, 2.24) is 5.32 Å². The molecular formula is C9H18F4N2. The highest BCUT2D eigenvalue weighted by Gasteiger charge is 2.39. The number of unbranched alkanes of at least 4 members (excludes halogenated alkanes) is 1. The molecule has 1 unspecified atom stereocenters. The van der Waals surface area contributed by atoms with Gasteiger partial charge in [-0.1, -0.05) is 6.42 Å². The molecule has 0 saturated heterocycles. The van der Waals surface area contributed by atoms with Gasteiger partial charge in [-0.25, -0.2) is 8.78 Å². The van der Waals surface area contributed by atoms with Crippen LogP contribution in [0, 0.1) is 0 Å². The Kier molecular flexibility index (Phi) is 6.84. The van der Waals surface area contributed by atoms with Crippen LogP contribution in [-0.2, 0) is 0 Å². The molecular weight excluding hydrogens is 212 g/mol. The van der Waals surface area contributed by atoms with Crippen LogP contribution < -0.4 is 11.1 Å². The fourth-order valence-corrected chi connectivity index (χ4v) is 1.05. The lowest BCUT2D eigenvalue weighted by molar-refractivity contribution is -0.125. The summed E-state index contributed by atoms with van der Waals surface area (Å²) in [6.45, 7) is 1.20. The Morgan fingerprint density at radius 3 is 2.33 bits per heavy atom. The molecule has 15 heavy (non-hydrogen) atoms. The van der Waals surface area contributed by atoms with Gasteiger partial charge in [-0.05, 0) is 26.3 Å². The van der Waals surface area contributed by atoms with Gasteiger partial charge in [-0.2, -0.15) is 8.78 Å². The molecule has 0 rings (SSSR count). The number of nitrogens with one attached hydrogen (secondary N) is 1. The van der Waals surface area contributed by atoms with Gasteiger partial charge in [0.25, 0.3) is 0 Å². The van der Waals surface area contributed by atoms with Crippen LogP contribution in [0.4, 0.5) is 17.6 Å². The van der Waals surface area contributed by atoms with Crippen molar-refractivity contribution in [2.24, 2.45) is 5.73 Å². The van der Waals surface area contributed by atoms with E-state index < -0.39 is 18.9 Å². The average molecular weight is 230 g/mol. The number of halogens is 4. The van der Waals surface area contributed by atoms with E-state index in [1.807, 2.05) is 6.92 Å². The van der Waals surface area contributed by atoms with Crippen molar-refractivity contribution in [2.45, 2.75) is 44.6 Å². The van der Waals surface area contributed by atoms with Gasteiger partial charge in [0, 0.05) is 6.04 Å². The van der Waals surface area contributed by atoms with Crippen LogP contribution >= 0.6 is 0 Å². The van der Waals surface area contributed by atoms with Gasteiger partial charge in [0.2, 0.25) is 0 Å². The Morgan fingerprint density at radius 2 is 1.87 bits per heavy atom. The highest BCUT2D eigenvalue weighted by Crippen LogP contribution is 2.21. The molecule has 0 aliphatic rings. The predicted octanol–water partition coefficient (Wildman–Crippen LogP) is 1.99. The van der Waals surface area contributed by atoms with Crippen LogP contribution in [0.1, 0.15) is 26.2 Å². The fraction of sp³-hybridized carbons (Fsp3) is 1.00. The molecule has 2 nitrogen and oxygen atoms in total. The molecule has 1 atom stereocenters. The second kappa shape index (κ2) is 7.00. The van der Waals surface area contributed by atoms with E-state index in [1.165, 1.54) is 0 Å². The van der Waals surface area contributed by atoms with Crippen molar-refractivity contribution in [1.29, 1.82) is 0 Å². The minimum absolute atomic E-state index is 0.0903. The Balaban J connectivity index is 3.39. The molecule has 3 N–H and O–H groups in total. The van der Waals surface area contributed by atoms with Crippen LogP contribution in [0.3, 0.4) is 0 Å².